The third-order valence-electron chi connectivity index (χ3n) is 7.35. The van der Waals surface area contributed by atoms with Crippen molar-refractivity contribution >= 4 is 34.1 Å². The lowest BCUT2D eigenvalue weighted by atomic mass is 10.1. The van der Waals surface area contributed by atoms with Gasteiger partial charge in [-0.15, -0.1) is 0 Å². The highest BCUT2D eigenvalue weighted by Gasteiger charge is 2.32. The first kappa shape index (κ1) is 29.1. The Labute approximate surface area is 238 Å². The van der Waals surface area contributed by atoms with E-state index in [9.17, 15) is 22.4 Å². The summed E-state index contributed by atoms with van der Waals surface area (Å²) in [5, 5.41) is 12.7. The van der Waals surface area contributed by atoms with E-state index in [2.05, 4.69) is 37.0 Å². The van der Waals surface area contributed by atoms with Gasteiger partial charge in [-0.3, -0.25) is 14.6 Å². The fourth-order valence-corrected chi connectivity index (χ4v) is 6.27. The number of nitrogens with one attached hydrogen (secondary N) is 1. The van der Waals surface area contributed by atoms with Gasteiger partial charge in [0.15, 0.2) is 5.13 Å². The highest BCUT2D eigenvalue weighted by molar-refractivity contribution is 7.16. The molecule has 3 aromatic rings. The summed E-state index contributed by atoms with van der Waals surface area (Å²) < 4.78 is 54.8. The molecule has 14 heteroatoms. The fraction of sp³-hybridized carbons (Fsp3) is 0.481. The van der Waals surface area contributed by atoms with Gasteiger partial charge in [0.2, 0.25) is 0 Å². The Morgan fingerprint density at radius 3 is 2.51 bits per heavy atom. The van der Waals surface area contributed by atoms with Crippen LogP contribution >= 0.6 is 11.3 Å². The number of hydrogen-bond acceptors (Lipinski definition) is 9. The Balaban J connectivity index is 1.43. The number of piperazine rings is 1. The molecule has 2 aromatic heterocycles. The van der Waals surface area contributed by atoms with Crippen molar-refractivity contribution in [2.75, 3.05) is 49.5 Å². The van der Waals surface area contributed by atoms with Crippen LogP contribution in [0.5, 0.6) is 0 Å². The number of rotatable bonds is 8. The minimum absolute atomic E-state index is 0.00978. The van der Waals surface area contributed by atoms with Gasteiger partial charge in [0.05, 0.1) is 17.8 Å². The monoisotopic (exact) mass is 593 g/mol. The summed E-state index contributed by atoms with van der Waals surface area (Å²) in [7, 11) is 0. The van der Waals surface area contributed by atoms with Crippen LogP contribution in [0.25, 0.3) is 11.3 Å². The second-order valence-electron chi connectivity index (χ2n) is 10.4. The first-order valence-corrected chi connectivity index (χ1v) is 14.2. The molecule has 0 unspecified atom stereocenters. The molecule has 0 bridgehead atoms. The number of aliphatic carboxylic acids is 1. The number of carbonyl (C=O) groups is 1. The van der Waals surface area contributed by atoms with Crippen molar-refractivity contribution in [2.45, 2.75) is 45.5 Å². The van der Waals surface area contributed by atoms with E-state index in [0.29, 0.717) is 73.1 Å². The summed E-state index contributed by atoms with van der Waals surface area (Å²) in [6, 6.07) is 4.61. The van der Waals surface area contributed by atoms with Crippen molar-refractivity contribution in [3.05, 3.63) is 46.3 Å². The third kappa shape index (κ3) is 7.11. The summed E-state index contributed by atoms with van der Waals surface area (Å²) in [5.41, 5.74) is -0.681. The molecule has 0 amide bonds. The number of aromatic nitrogens is 3. The molecule has 2 aliphatic heterocycles. The lowest BCUT2D eigenvalue weighted by molar-refractivity contribution is -0.139. The van der Waals surface area contributed by atoms with Gasteiger partial charge in [0.25, 0.3) is 0 Å². The molecule has 2 fully saturated rings. The van der Waals surface area contributed by atoms with Crippen LogP contribution < -0.4 is 10.2 Å². The van der Waals surface area contributed by atoms with Gasteiger partial charge in [-0.25, -0.2) is 19.3 Å². The van der Waals surface area contributed by atoms with E-state index in [0.717, 1.165) is 36.4 Å². The van der Waals surface area contributed by atoms with Gasteiger partial charge >= 0.3 is 12.1 Å². The molecule has 41 heavy (non-hydrogen) atoms. The average Bonchev–Trinajstić information content (AvgIpc) is 3.48. The molecule has 2 aliphatic rings. The summed E-state index contributed by atoms with van der Waals surface area (Å²) in [5.74, 6) is -0.176. The van der Waals surface area contributed by atoms with Crippen molar-refractivity contribution < 1.29 is 27.5 Å². The Hall–Kier alpha value is -3.36. The Kier molecular flexibility index (Phi) is 8.43. The van der Waals surface area contributed by atoms with Crippen molar-refractivity contribution in [1.82, 2.24) is 24.8 Å². The molecule has 0 aliphatic carbocycles. The zero-order valence-electron chi connectivity index (χ0n) is 22.7. The van der Waals surface area contributed by atoms with Gasteiger partial charge < -0.3 is 15.3 Å². The predicted molar refractivity (Wildman–Crippen MR) is 148 cm³/mol. The second kappa shape index (κ2) is 11.9. The summed E-state index contributed by atoms with van der Waals surface area (Å²) >= 11 is 1.31. The predicted octanol–water partition coefficient (Wildman–Crippen LogP) is 5.00. The number of hydrogen-bond donors (Lipinski definition) is 2. The topological polar surface area (TPSA) is 97.7 Å². The lowest BCUT2D eigenvalue weighted by Gasteiger charge is -2.34. The number of carboxylic acid groups (broad SMARTS) is 1. The number of anilines is 3. The molecule has 9 nitrogen and oxygen atoms in total. The molecule has 4 heterocycles. The molecule has 1 atom stereocenters. The van der Waals surface area contributed by atoms with Crippen molar-refractivity contribution in [2.24, 2.45) is 0 Å². The molecule has 5 rings (SSSR count). The number of nitrogens with zero attached hydrogens (tertiary/aromatic N) is 6. The number of likely N-dealkylation sites (tertiary alicyclic amines) is 1. The first-order valence-electron chi connectivity index (χ1n) is 13.4. The van der Waals surface area contributed by atoms with Crippen molar-refractivity contribution in [1.29, 1.82) is 0 Å². The zero-order chi connectivity index (χ0) is 29.3. The van der Waals surface area contributed by atoms with Crippen LogP contribution in [0.3, 0.4) is 0 Å². The van der Waals surface area contributed by atoms with Gasteiger partial charge in [-0.1, -0.05) is 11.3 Å². The van der Waals surface area contributed by atoms with Crippen molar-refractivity contribution in [3.8, 4) is 11.3 Å². The van der Waals surface area contributed by atoms with Crippen LogP contribution in [0, 0.1) is 12.7 Å². The Morgan fingerprint density at radius 2 is 1.85 bits per heavy atom. The maximum Gasteiger partial charge on any atom is 0.416 e. The summed E-state index contributed by atoms with van der Waals surface area (Å²) in [4.78, 5) is 31.6. The van der Waals surface area contributed by atoms with E-state index in [4.69, 9.17) is 5.11 Å². The Morgan fingerprint density at radius 1 is 1.10 bits per heavy atom. The molecular weight excluding hydrogens is 562 g/mol. The van der Waals surface area contributed by atoms with E-state index in [1.165, 1.54) is 11.3 Å². The molecule has 2 N–H and O–H groups in total. The van der Waals surface area contributed by atoms with E-state index < -0.39 is 23.5 Å². The molecular formula is C27H31F4N7O2S. The summed E-state index contributed by atoms with van der Waals surface area (Å²) in [6.07, 6.45) is -2.62. The number of aryl methyl sites for hydroxylation is 1. The highest BCUT2D eigenvalue weighted by Crippen LogP contribution is 2.38. The van der Waals surface area contributed by atoms with Gasteiger partial charge in [0, 0.05) is 55.3 Å². The SMILES string of the molecule is Cc1nc(Nc2nc(-c3cc(F)cc(C(F)(F)F)c3)c(CN3CCC[C@H]3C)s2)cc(N2CCN(CC(=O)O)CC2)n1. The maximum atomic E-state index is 14.3. The highest BCUT2D eigenvalue weighted by atomic mass is 32.1. The number of halogens is 4. The van der Waals surface area contributed by atoms with E-state index in [1.54, 1.807) is 13.0 Å². The van der Waals surface area contributed by atoms with Gasteiger partial charge in [-0.05, 0) is 51.4 Å². The summed E-state index contributed by atoms with van der Waals surface area (Å²) in [6.45, 7) is 7.59. The fourth-order valence-electron chi connectivity index (χ4n) is 5.25. The van der Waals surface area contributed by atoms with E-state index in [1.807, 2.05) is 4.90 Å². The van der Waals surface area contributed by atoms with Gasteiger partial charge in [0.1, 0.15) is 23.3 Å². The normalized spacial score (nSPS) is 18.7. The molecule has 0 radical (unpaired) electrons. The zero-order valence-corrected chi connectivity index (χ0v) is 23.5. The number of benzene rings is 1. The molecule has 1 aromatic carbocycles. The van der Waals surface area contributed by atoms with E-state index in [-0.39, 0.29) is 12.1 Å². The van der Waals surface area contributed by atoms with Crippen LogP contribution in [0.15, 0.2) is 24.3 Å². The smallest absolute Gasteiger partial charge is 0.416 e. The molecule has 0 spiro atoms. The van der Waals surface area contributed by atoms with Crippen LogP contribution in [0.4, 0.5) is 34.3 Å². The quantitative estimate of drug-likeness (QED) is 0.350. The number of carboxylic acids is 1. The lowest BCUT2D eigenvalue weighted by Crippen LogP contribution is -2.48. The van der Waals surface area contributed by atoms with Crippen LogP contribution in [-0.2, 0) is 17.5 Å². The average molecular weight is 594 g/mol. The van der Waals surface area contributed by atoms with Crippen LogP contribution in [-0.4, -0.2) is 81.1 Å². The Bertz CT molecular complexity index is 1410. The minimum atomic E-state index is -4.69. The minimum Gasteiger partial charge on any atom is -0.480 e. The van der Waals surface area contributed by atoms with E-state index >= 15 is 0 Å². The number of thiazole rings is 1. The standard InChI is InChI=1S/C27H31F4N7O2S/c1-16-4-3-5-38(16)14-21-25(18-10-19(27(29,30)31)12-20(28)11-18)35-26(41-21)34-22-13-23(33-17(2)32-22)37-8-6-36(7-9-37)15-24(39)40/h10-13,16H,3-9,14-15H2,1-2H3,(H,39,40)(H,32,33,34,35)/t16-/m1/s1. The second-order valence-corrected chi connectivity index (χ2v) is 11.5. The number of alkyl halides is 3. The first-order chi connectivity index (χ1) is 19.4. The molecule has 2 saturated heterocycles. The van der Waals surface area contributed by atoms with Crippen LogP contribution in [0.2, 0.25) is 0 Å². The molecule has 220 valence electrons. The third-order valence-corrected chi connectivity index (χ3v) is 8.30. The maximum absolute atomic E-state index is 14.3. The van der Waals surface area contributed by atoms with Crippen molar-refractivity contribution in [3.63, 3.8) is 0 Å². The van der Waals surface area contributed by atoms with Crippen LogP contribution in [0.1, 0.15) is 36.0 Å². The largest absolute Gasteiger partial charge is 0.480 e. The molecule has 0 saturated carbocycles. The van der Waals surface area contributed by atoms with Gasteiger partial charge in [-0.2, -0.15) is 13.2 Å².